The lowest BCUT2D eigenvalue weighted by Crippen LogP contribution is -2.30. The van der Waals surface area contributed by atoms with Gasteiger partial charge in [-0.2, -0.15) is 0 Å². The molecule has 0 radical (unpaired) electrons. The minimum absolute atomic E-state index is 0.0883. The highest BCUT2D eigenvalue weighted by molar-refractivity contribution is 5.85. The smallest absolute Gasteiger partial charge is 0.376 e. The molecule has 1 rings (SSSR count). The molecule has 0 spiro atoms. The first-order valence-electron chi connectivity index (χ1n) is 6.41. The van der Waals surface area contributed by atoms with Crippen molar-refractivity contribution in [2.75, 3.05) is 12.4 Å². The summed E-state index contributed by atoms with van der Waals surface area (Å²) in [5, 5.41) is 12.0. The van der Waals surface area contributed by atoms with Gasteiger partial charge in [-0.15, -0.1) is 0 Å². The fraction of sp³-hybridized carbons (Fsp3) is 0.538. The summed E-state index contributed by atoms with van der Waals surface area (Å²) in [6, 6.07) is 0.851. The van der Waals surface area contributed by atoms with E-state index in [1.165, 1.54) is 7.11 Å². The van der Waals surface area contributed by atoms with Gasteiger partial charge in [-0.1, -0.05) is 19.8 Å². The summed E-state index contributed by atoms with van der Waals surface area (Å²) in [6.45, 7) is 3.68. The third-order valence-corrected chi connectivity index (χ3v) is 2.69. The van der Waals surface area contributed by atoms with Crippen molar-refractivity contribution in [1.82, 2.24) is 9.97 Å². The Morgan fingerprint density at radius 2 is 2.15 bits per heavy atom. The maximum atomic E-state index is 11.4. The number of carboxylic acid groups (broad SMARTS) is 1. The molecule has 0 bridgehead atoms. The lowest BCUT2D eigenvalue weighted by atomic mass is 10.1. The van der Waals surface area contributed by atoms with Gasteiger partial charge < -0.3 is 15.2 Å². The van der Waals surface area contributed by atoms with Crippen LogP contribution in [0.5, 0.6) is 0 Å². The second-order valence-electron chi connectivity index (χ2n) is 4.39. The van der Waals surface area contributed by atoms with Crippen molar-refractivity contribution in [3.8, 4) is 0 Å². The van der Waals surface area contributed by atoms with Crippen molar-refractivity contribution in [1.29, 1.82) is 0 Å². The van der Waals surface area contributed by atoms with Gasteiger partial charge in [-0.25, -0.2) is 19.6 Å². The fourth-order valence-electron chi connectivity index (χ4n) is 1.67. The molecule has 2 N–H and O–H groups in total. The van der Waals surface area contributed by atoms with Gasteiger partial charge in [0.1, 0.15) is 11.9 Å². The SMILES string of the molecule is CCCCC(Nc1cc(C)nc(C(=O)OC)n1)C(=O)O. The van der Waals surface area contributed by atoms with Gasteiger partial charge in [0.05, 0.1) is 7.11 Å². The van der Waals surface area contributed by atoms with E-state index in [1.807, 2.05) is 6.92 Å². The van der Waals surface area contributed by atoms with Crippen LogP contribution < -0.4 is 5.32 Å². The minimum atomic E-state index is -0.950. The number of aromatic nitrogens is 2. The molecule has 0 amide bonds. The summed E-state index contributed by atoms with van der Waals surface area (Å²) >= 11 is 0. The molecule has 1 heterocycles. The van der Waals surface area contributed by atoms with Crippen molar-refractivity contribution in [3.05, 3.63) is 17.6 Å². The van der Waals surface area contributed by atoms with E-state index in [0.29, 0.717) is 17.9 Å². The van der Waals surface area contributed by atoms with Gasteiger partial charge in [-0.3, -0.25) is 0 Å². The van der Waals surface area contributed by atoms with E-state index in [4.69, 9.17) is 5.11 Å². The Kier molecular flexibility index (Phi) is 5.89. The Labute approximate surface area is 117 Å². The normalized spacial score (nSPS) is 11.8. The Morgan fingerprint density at radius 1 is 1.45 bits per heavy atom. The van der Waals surface area contributed by atoms with E-state index in [2.05, 4.69) is 20.0 Å². The predicted octanol–water partition coefficient (Wildman–Crippen LogP) is 1.63. The average molecular weight is 281 g/mol. The molecule has 0 aliphatic carbocycles. The number of carboxylic acids is 1. The second-order valence-corrected chi connectivity index (χ2v) is 4.39. The summed E-state index contributed by atoms with van der Waals surface area (Å²) in [5.74, 6) is -1.39. The quantitative estimate of drug-likeness (QED) is 0.732. The van der Waals surface area contributed by atoms with Crippen LogP contribution in [0.25, 0.3) is 0 Å². The summed E-state index contributed by atoms with van der Waals surface area (Å²) in [7, 11) is 1.24. The van der Waals surface area contributed by atoms with Crippen LogP contribution in [0.3, 0.4) is 0 Å². The van der Waals surface area contributed by atoms with E-state index >= 15 is 0 Å². The molecule has 110 valence electrons. The second kappa shape index (κ2) is 7.42. The lowest BCUT2D eigenvalue weighted by molar-refractivity contribution is -0.138. The molecule has 0 saturated heterocycles. The molecular formula is C13H19N3O4. The first-order valence-corrected chi connectivity index (χ1v) is 6.41. The maximum absolute atomic E-state index is 11.4. The van der Waals surface area contributed by atoms with Crippen LogP contribution in [-0.4, -0.2) is 40.2 Å². The zero-order chi connectivity index (χ0) is 15.1. The molecule has 0 aliphatic heterocycles. The Morgan fingerprint density at radius 3 is 2.70 bits per heavy atom. The van der Waals surface area contributed by atoms with Gasteiger partial charge in [0.25, 0.3) is 0 Å². The van der Waals surface area contributed by atoms with Crippen LogP contribution in [-0.2, 0) is 9.53 Å². The largest absolute Gasteiger partial charge is 0.480 e. The molecule has 1 aromatic rings. The zero-order valence-corrected chi connectivity index (χ0v) is 11.8. The predicted molar refractivity (Wildman–Crippen MR) is 72.7 cm³/mol. The number of unbranched alkanes of at least 4 members (excludes halogenated alkanes) is 1. The monoisotopic (exact) mass is 281 g/mol. The number of methoxy groups -OCH3 is 1. The summed E-state index contributed by atoms with van der Waals surface area (Å²) < 4.78 is 4.56. The number of rotatable bonds is 7. The number of aryl methyl sites for hydroxylation is 1. The highest BCUT2D eigenvalue weighted by atomic mass is 16.5. The molecule has 0 saturated carbocycles. The van der Waals surface area contributed by atoms with E-state index in [9.17, 15) is 9.59 Å². The number of anilines is 1. The molecular weight excluding hydrogens is 262 g/mol. The van der Waals surface area contributed by atoms with Crippen LogP contribution in [0.4, 0.5) is 5.82 Å². The van der Waals surface area contributed by atoms with Crippen molar-refractivity contribution in [2.45, 2.75) is 39.2 Å². The first-order chi connectivity index (χ1) is 9.47. The number of ether oxygens (including phenoxy) is 1. The molecule has 0 fully saturated rings. The fourth-order valence-corrected chi connectivity index (χ4v) is 1.67. The number of hydrogen-bond donors (Lipinski definition) is 2. The van der Waals surface area contributed by atoms with Gasteiger partial charge in [0, 0.05) is 11.8 Å². The van der Waals surface area contributed by atoms with Gasteiger partial charge in [0.2, 0.25) is 5.82 Å². The Balaban J connectivity index is 2.91. The number of esters is 1. The minimum Gasteiger partial charge on any atom is -0.480 e. The van der Waals surface area contributed by atoms with Gasteiger partial charge in [-0.05, 0) is 13.3 Å². The van der Waals surface area contributed by atoms with Gasteiger partial charge in [0.15, 0.2) is 0 Å². The standard InChI is InChI=1S/C13H19N3O4/c1-4-5-6-9(12(17)18)15-10-7-8(2)14-11(16-10)13(19)20-3/h7,9H,4-6H2,1-3H3,(H,17,18)(H,14,15,16). The van der Waals surface area contributed by atoms with E-state index in [1.54, 1.807) is 13.0 Å². The number of aliphatic carboxylic acids is 1. The molecule has 1 atom stereocenters. The number of carbonyl (C=O) groups excluding carboxylic acids is 1. The summed E-state index contributed by atoms with van der Waals surface area (Å²) in [4.78, 5) is 30.5. The van der Waals surface area contributed by atoms with Crippen LogP contribution in [0.2, 0.25) is 0 Å². The van der Waals surface area contributed by atoms with Crippen LogP contribution in [0, 0.1) is 6.92 Å². The molecule has 7 nitrogen and oxygen atoms in total. The Bertz CT molecular complexity index is 491. The van der Waals surface area contributed by atoms with Crippen molar-refractivity contribution < 1.29 is 19.4 Å². The highest BCUT2D eigenvalue weighted by Crippen LogP contribution is 2.12. The summed E-state index contributed by atoms with van der Waals surface area (Å²) in [6.07, 6.45) is 2.18. The highest BCUT2D eigenvalue weighted by Gasteiger charge is 2.18. The number of nitrogens with zero attached hydrogens (tertiary/aromatic N) is 2. The number of carbonyl (C=O) groups is 2. The molecule has 20 heavy (non-hydrogen) atoms. The van der Waals surface area contributed by atoms with E-state index in [0.717, 1.165) is 12.8 Å². The topological polar surface area (TPSA) is 101 Å². The lowest BCUT2D eigenvalue weighted by Gasteiger charge is -2.15. The number of nitrogens with one attached hydrogen (secondary N) is 1. The van der Waals surface area contributed by atoms with Crippen LogP contribution >= 0.6 is 0 Å². The van der Waals surface area contributed by atoms with Crippen molar-refractivity contribution in [3.63, 3.8) is 0 Å². The maximum Gasteiger partial charge on any atom is 0.376 e. The molecule has 0 aromatic carbocycles. The Hall–Kier alpha value is -2.18. The number of hydrogen-bond acceptors (Lipinski definition) is 6. The van der Waals surface area contributed by atoms with Crippen molar-refractivity contribution >= 4 is 17.8 Å². The molecule has 1 unspecified atom stereocenters. The van der Waals surface area contributed by atoms with Crippen LogP contribution in [0.15, 0.2) is 6.07 Å². The van der Waals surface area contributed by atoms with E-state index < -0.39 is 18.0 Å². The average Bonchev–Trinajstić information content (AvgIpc) is 2.41. The van der Waals surface area contributed by atoms with E-state index in [-0.39, 0.29) is 5.82 Å². The van der Waals surface area contributed by atoms with Crippen LogP contribution in [0.1, 0.15) is 42.5 Å². The van der Waals surface area contributed by atoms with Gasteiger partial charge >= 0.3 is 11.9 Å². The molecule has 0 aliphatic rings. The zero-order valence-electron chi connectivity index (χ0n) is 11.8. The third-order valence-electron chi connectivity index (χ3n) is 2.69. The molecule has 1 aromatic heterocycles. The molecule has 7 heteroatoms. The van der Waals surface area contributed by atoms with Crippen molar-refractivity contribution in [2.24, 2.45) is 0 Å². The summed E-state index contributed by atoms with van der Waals surface area (Å²) in [5.41, 5.74) is 0.558. The third kappa shape index (κ3) is 4.49. The first kappa shape index (κ1) is 15.9.